The first-order valence-corrected chi connectivity index (χ1v) is 43.0. The smallest absolute Gasteiger partial charge is 0.222 e. The number of amides is 11. The fourth-order valence-corrected chi connectivity index (χ4v) is 13.8. The molecule has 20 N–H and O–H groups in total. The average molecular weight is 1760 g/mol. The number of nitrogens with zero attached hydrogens (tertiary/aromatic N) is 1. The normalized spacial score (nSPS) is 25.2. The van der Waals surface area contributed by atoms with E-state index < -0.39 is 153 Å². The molecule has 0 aromatic carbocycles. The van der Waals surface area contributed by atoms with Gasteiger partial charge in [0.15, 0.2) is 18.9 Å². The number of nitrogens with one attached hydrogen (secondary N) is 10. The number of hydrogen-bond acceptors (Lipinski definition) is 31. The zero-order valence-corrected chi connectivity index (χ0v) is 71.9. The largest absolute Gasteiger partial charge is 0.394 e. The van der Waals surface area contributed by atoms with Crippen molar-refractivity contribution in [2.45, 2.75) is 311 Å². The summed E-state index contributed by atoms with van der Waals surface area (Å²) in [5.41, 5.74) is -1.85. The van der Waals surface area contributed by atoms with E-state index in [-0.39, 0.29) is 198 Å². The minimum atomic E-state index is -1.47. The van der Waals surface area contributed by atoms with Crippen LogP contribution in [0.3, 0.4) is 0 Å². The standard InChI is InChI=1S/C80H143N11O31/c1-51(95)87-67-73(110)70(107)56(44-92)120-76(67)116-36-16-13-22-59(99)81-30-19-33-84-62(102)27-39-113-48-80(90-65(105)25-11-9-7-8-10-12-26-66(106)91-43-55(98)42-54(91)47-119-79(4,5)6,49-114-40-28-63(103)85-34-20-31-82-60(100)23-14-17-37-117-77-68(88-52(2)96)74(111)71(108)57(45-93)121-77)50-115-41-29-64(104)86-35-21-32-83-61(101)24-15-18-38-118-78-69(89-53(3)97)75(112)72(109)58(46-94)122-78/h54-58,67-78,92-94,98,107-112H,7-50H2,1-6H3,(H,81,99)(H,82,100)(H,83,101)(H,84,102)(H,85,103)(H,86,104)(H,87,95)(H,88,96)(H,89,97)(H,90,105)/t54-,55+,56?,57?,58?,67?,68?,69?,70?,71?,72?,73?,74?,75?,76?,77?,78?,80?/m0/s1. The Labute approximate surface area is 714 Å². The van der Waals surface area contributed by atoms with Gasteiger partial charge < -0.3 is 157 Å². The Balaban J connectivity index is 1.31. The molecular weight excluding hydrogens is 1610 g/mol. The third-order valence-electron chi connectivity index (χ3n) is 20.4. The second-order valence-electron chi connectivity index (χ2n) is 32.3. The van der Waals surface area contributed by atoms with Crippen LogP contribution in [0.25, 0.3) is 0 Å². The third kappa shape index (κ3) is 43.5. The number of aliphatic hydroxyl groups excluding tert-OH is 10. The molecule has 11 amide bonds. The van der Waals surface area contributed by atoms with Crippen molar-refractivity contribution in [1.29, 1.82) is 0 Å². The molecule has 42 nitrogen and oxygen atoms in total. The lowest BCUT2D eigenvalue weighted by Gasteiger charge is -2.42. The molecule has 704 valence electrons. The molecule has 17 atom stereocenters. The fourth-order valence-electron chi connectivity index (χ4n) is 13.8. The van der Waals surface area contributed by atoms with E-state index in [0.29, 0.717) is 96.5 Å². The number of carbonyl (C=O) groups excluding carboxylic acids is 11. The van der Waals surface area contributed by atoms with E-state index in [0.717, 1.165) is 19.3 Å². The number of β-amino-alcohol motifs (C(OH)–C–C–N with tert-alkyl or cyclic N) is 1. The molecule has 0 aliphatic carbocycles. The highest BCUT2D eigenvalue weighted by Gasteiger charge is 2.48. The number of unbranched alkanes of at least 4 members (excludes halogenated alkanes) is 8. The highest BCUT2D eigenvalue weighted by atomic mass is 16.7. The molecule has 4 heterocycles. The maximum atomic E-state index is 14.1. The minimum absolute atomic E-state index is 0.0326. The summed E-state index contributed by atoms with van der Waals surface area (Å²) in [6.07, 6.45) is -7.79. The summed E-state index contributed by atoms with van der Waals surface area (Å²) in [4.78, 5) is 142. The Hall–Kier alpha value is -6.63. The van der Waals surface area contributed by atoms with Gasteiger partial charge in [0, 0.05) is 138 Å². The van der Waals surface area contributed by atoms with Crippen molar-refractivity contribution < 1.29 is 151 Å². The second-order valence-corrected chi connectivity index (χ2v) is 32.3. The third-order valence-corrected chi connectivity index (χ3v) is 20.4. The molecule has 4 fully saturated rings. The van der Waals surface area contributed by atoms with Gasteiger partial charge in [-0.1, -0.05) is 25.7 Å². The van der Waals surface area contributed by atoms with Gasteiger partial charge in [0.1, 0.15) is 78.6 Å². The van der Waals surface area contributed by atoms with Gasteiger partial charge in [0.25, 0.3) is 0 Å². The molecule has 0 aromatic rings. The molecule has 0 aromatic heterocycles. The van der Waals surface area contributed by atoms with Crippen LogP contribution in [0, 0.1) is 0 Å². The first kappa shape index (κ1) is 108. The van der Waals surface area contributed by atoms with Gasteiger partial charge in [-0.3, -0.25) is 52.7 Å². The Bertz CT molecular complexity index is 2830. The predicted molar refractivity (Wildman–Crippen MR) is 433 cm³/mol. The Kier molecular flexibility index (Phi) is 53.1. The van der Waals surface area contributed by atoms with Crippen molar-refractivity contribution in [3.05, 3.63) is 0 Å². The zero-order valence-electron chi connectivity index (χ0n) is 71.9. The van der Waals surface area contributed by atoms with Crippen LogP contribution < -0.4 is 53.2 Å². The monoisotopic (exact) mass is 1750 g/mol. The molecule has 4 aliphatic rings. The number of aliphatic hydroxyl groups is 10. The van der Waals surface area contributed by atoms with Crippen LogP contribution in [0.4, 0.5) is 0 Å². The van der Waals surface area contributed by atoms with E-state index in [1.54, 1.807) is 4.90 Å². The summed E-state index contributed by atoms with van der Waals surface area (Å²) >= 11 is 0. The van der Waals surface area contributed by atoms with Crippen LogP contribution in [-0.2, 0) is 100 Å². The van der Waals surface area contributed by atoms with Crippen LogP contribution >= 0.6 is 0 Å². The SMILES string of the molecule is CC(=O)NC1C(OCCCCC(=O)NCCCNC(=O)CCOCC(COCCC(=O)NCCCNC(=O)CCCCOC2OC(CO)C(O)C(O)C2NC(C)=O)(COCCC(=O)NCCCNC(=O)CCCCOC2OC(CO)C(O)C(O)C2NC(C)=O)NC(=O)CCCCCCCCC(=O)N2C[C@H](O)C[C@H]2COC(C)(C)C)OC(CO)C(O)C1O. The first-order valence-electron chi connectivity index (χ1n) is 43.0. The van der Waals surface area contributed by atoms with Crippen molar-refractivity contribution in [2.24, 2.45) is 0 Å². The molecule has 0 spiro atoms. The average Bonchev–Trinajstić information content (AvgIpc) is 0.905. The number of hydrogen-bond donors (Lipinski definition) is 20. The molecule has 0 saturated carbocycles. The molecule has 42 heteroatoms. The number of likely N-dealkylation sites (tertiary alicyclic amines) is 1. The quantitative estimate of drug-likeness (QED) is 0.0254. The van der Waals surface area contributed by atoms with Gasteiger partial charge in [0.05, 0.1) is 83.8 Å². The van der Waals surface area contributed by atoms with Crippen LogP contribution in [0.15, 0.2) is 0 Å². The van der Waals surface area contributed by atoms with Gasteiger partial charge >= 0.3 is 0 Å². The van der Waals surface area contributed by atoms with E-state index in [2.05, 4.69) is 53.2 Å². The summed E-state index contributed by atoms with van der Waals surface area (Å²) in [6.45, 7) is 8.59. The molecule has 0 bridgehead atoms. The van der Waals surface area contributed by atoms with Crippen LogP contribution in [0.5, 0.6) is 0 Å². The van der Waals surface area contributed by atoms with E-state index in [1.165, 1.54) is 20.8 Å². The Morgan fingerprint density at radius 3 is 0.975 bits per heavy atom. The number of ether oxygens (including phenoxy) is 10. The van der Waals surface area contributed by atoms with E-state index in [4.69, 9.17) is 47.4 Å². The van der Waals surface area contributed by atoms with Crippen LogP contribution in [0.2, 0.25) is 0 Å². The van der Waals surface area contributed by atoms with E-state index >= 15 is 0 Å². The van der Waals surface area contributed by atoms with Crippen molar-refractivity contribution in [2.75, 3.05) is 132 Å². The number of carbonyl (C=O) groups is 11. The predicted octanol–water partition coefficient (Wildman–Crippen LogP) is -4.78. The van der Waals surface area contributed by atoms with Crippen LogP contribution in [-0.4, -0.2) is 368 Å². The lowest BCUT2D eigenvalue weighted by atomic mass is 9.97. The minimum Gasteiger partial charge on any atom is -0.394 e. The highest BCUT2D eigenvalue weighted by Crippen LogP contribution is 2.28. The molecule has 0 radical (unpaired) electrons. The van der Waals surface area contributed by atoms with E-state index in [1.807, 2.05) is 20.8 Å². The molecule has 4 aliphatic heterocycles. The van der Waals surface area contributed by atoms with Crippen molar-refractivity contribution in [3.63, 3.8) is 0 Å². The summed E-state index contributed by atoms with van der Waals surface area (Å²) in [5, 5.41) is 129. The zero-order chi connectivity index (χ0) is 90.0. The van der Waals surface area contributed by atoms with Gasteiger partial charge in [-0.15, -0.1) is 0 Å². The fraction of sp³-hybridized carbons (Fsp3) is 0.863. The maximum Gasteiger partial charge on any atom is 0.222 e. The van der Waals surface area contributed by atoms with Gasteiger partial charge in [-0.25, -0.2) is 0 Å². The highest BCUT2D eigenvalue weighted by molar-refractivity contribution is 5.79. The van der Waals surface area contributed by atoms with Gasteiger partial charge in [-0.05, 0) is 97.8 Å². The van der Waals surface area contributed by atoms with Crippen molar-refractivity contribution >= 4 is 65.0 Å². The van der Waals surface area contributed by atoms with Crippen molar-refractivity contribution in [3.8, 4) is 0 Å². The Morgan fingerprint density at radius 2 is 0.664 bits per heavy atom. The van der Waals surface area contributed by atoms with Crippen LogP contribution in [0.1, 0.15) is 196 Å². The van der Waals surface area contributed by atoms with E-state index in [9.17, 15) is 104 Å². The topological polar surface area (TPSA) is 606 Å². The summed E-state index contributed by atoms with van der Waals surface area (Å²) in [5.74, 6) is -3.83. The lowest BCUT2D eigenvalue weighted by Crippen LogP contribution is -2.64. The first-order chi connectivity index (χ1) is 58.2. The molecular formula is C80H143N11O31. The van der Waals surface area contributed by atoms with Gasteiger partial charge in [-0.2, -0.15) is 0 Å². The van der Waals surface area contributed by atoms with Crippen molar-refractivity contribution in [1.82, 2.24) is 58.1 Å². The molecule has 122 heavy (non-hydrogen) atoms. The lowest BCUT2D eigenvalue weighted by molar-refractivity contribution is -0.270. The van der Waals surface area contributed by atoms with Gasteiger partial charge in [0.2, 0.25) is 65.0 Å². The molecule has 4 rings (SSSR count). The maximum absolute atomic E-state index is 14.1. The summed E-state index contributed by atoms with van der Waals surface area (Å²) in [7, 11) is 0. The summed E-state index contributed by atoms with van der Waals surface area (Å²) < 4.78 is 58.2. The molecule has 4 saturated heterocycles. The second kappa shape index (κ2) is 60.1. The number of rotatable bonds is 63. The Morgan fingerprint density at radius 1 is 0.369 bits per heavy atom. The summed E-state index contributed by atoms with van der Waals surface area (Å²) in [6, 6.07) is -3.50. The molecule has 15 unspecified atom stereocenters.